The van der Waals surface area contributed by atoms with Gasteiger partial charge < -0.3 is 14.6 Å². The Morgan fingerprint density at radius 2 is 1.87 bits per heavy atom. The molecular weight excluding hydrogens is 405 g/mol. The molecule has 0 saturated heterocycles. The molecule has 0 atom stereocenters. The summed E-state index contributed by atoms with van der Waals surface area (Å²) in [5.41, 5.74) is 1.03. The van der Waals surface area contributed by atoms with Gasteiger partial charge in [0.15, 0.2) is 5.65 Å². The van der Waals surface area contributed by atoms with Gasteiger partial charge >= 0.3 is 5.97 Å². The van der Waals surface area contributed by atoms with E-state index in [0.29, 0.717) is 17.1 Å². The third kappa shape index (κ3) is 4.50. The molecule has 1 N–H and O–H groups in total. The average Bonchev–Trinajstić information content (AvgIpc) is 3.13. The van der Waals surface area contributed by atoms with Gasteiger partial charge in [-0.25, -0.2) is 14.2 Å². The molecular formula is C22H16FN3O5. The zero-order chi connectivity index (χ0) is 22.0. The molecule has 0 aliphatic rings. The minimum absolute atomic E-state index is 0.203. The Balaban J connectivity index is 1.44. The molecule has 4 rings (SSSR count). The fraction of sp³-hybridized carbons (Fsp3) is 0.0909. The van der Waals surface area contributed by atoms with E-state index < -0.39 is 23.3 Å². The van der Waals surface area contributed by atoms with E-state index in [1.54, 1.807) is 25.1 Å². The van der Waals surface area contributed by atoms with E-state index >= 15 is 0 Å². The SMILES string of the molecule is Cc1cc2nc(COC(=O)c3cccc(NC(=O)c4ccc(F)cc4)c3)cc(=O)n2o1. The second-order valence-corrected chi connectivity index (χ2v) is 6.70. The van der Waals surface area contributed by atoms with Crippen LogP contribution in [0.2, 0.25) is 0 Å². The highest BCUT2D eigenvalue weighted by atomic mass is 19.1. The van der Waals surface area contributed by atoms with E-state index in [2.05, 4.69) is 10.3 Å². The van der Waals surface area contributed by atoms with Crippen LogP contribution < -0.4 is 10.9 Å². The number of benzene rings is 2. The summed E-state index contributed by atoms with van der Waals surface area (Å²) in [4.78, 5) is 40.9. The highest BCUT2D eigenvalue weighted by molar-refractivity contribution is 6.04. The van der Waals surface area contributed by atoms with Gasteiger partial charge in [-0.1, -0.05) is 6.07 Å². The first-order valence-corrected chi connectivity index (χ1v) is 9.23. The molecule has 0 radical (unpaired) electrons. The average molecular weight is 421 g/mol. The molecule has 9 heteroatoms. The molecule has 0 aliphatic heterocycles. The number of carbonyl (C=O) groups excluding carboxylic acids is 2. The molecule has 0 aliphatic carbocycles. The fourth-order valence-electron chi connectivity index (χ4n) is 2.90. The van der Waals surface area contributed by atoms with Crippen LogP contribution in [0.15, 0.2) is 70.0 Å². The number of amides is 1. The lowest BCUT2D eigenvalue weighted by Gasteiger charge is -2.08. The van der Waals surface area contributed by atoms with Crippen molar-refractivity contribution < 1.29 is 23.2 Å². The predicted octanol–water partition coefficient (Wildman–Crippen LogP) is 3.34. The van der Waals surface area contributed by atoms with Crippen molar-refractivity contribution in [2.24, 2.45) is 0 Å². The molecule has 1 amide bonds. The number of hydrogen-bond donors (Lipinski definition) is 1. The lowest BCUT2D eigenvalue weighted by molar-refractivity contribution is 0.0467. The number of carbonyl (C=O) groups is 2. The first-order chi connectivity index (χ1) is 14.9. The van der Waals surface area contributed by atoms with E-state index in [4.69, 9.17) is 9.26 Å². The maximum Gasteiger partial charge on any atom is 0.338 e. The topological polar surface area (TPSA) is 103 Å². The number of nitrogens with one attached hydrogen (secondary N) is 1. The lowest BCUT2D eigenvalue weighted by atomic mass is 10.1. The van der Waals surface area contributed by atoms with Crippen molar-refractivity contribution in [2.75, 3.05) is 5.32 Å². The Bertz CT molecular complexity index is 1340. The van der Waals surface area contributed by atoms with Gasteiger partial charge in [-0.2, -0.15) is 0 Å². The molecule has 2 aromatic carbocycles. The van der Waals surface area contributed by atoms with E-state index in [-0.39, 0.29) is 23.4 Å². The lowest BCUT2D eigenvalue weighted by Crippen LogP contribution is -2.15. The van der Waals surface area contributed by atoms with Crippen LogP contribution in [-0.2, 0) is 11.3 Å². The maximum atomic E-state index is 13.0. The van der Waals surface area contributed by atoms with Crippen molar-refractivity contribution in [3.05, 3.63) is 99.4 Å². The number of ether oxygens (including phenoxy) is 1. The Kier molecular flexibility index (Phi) is 5.31. The fourth-order valence-corrected chi connectivity index (χ4v) is 2.90. The number of aryl methyl sites for hydroxylation is 1. The molecule has 8 nitrogen and oxygen atoms in total. The van der Waals surface area contributed by atoms with Crippen molar-refractivity contribution in [3.63, 3.8) is 0 Å². The largest absolute Gasteiger partial charge is 0.456 e. The van der Waals surface area contributed by atoms with E-state index in [1.807, 2.05) is 0 Å². The number of anilines is 1. The number of halogens is 1. The van der Waals surface area contributed by atoms with Crippen LogP contribution in [0.4, 0.5) is 10.1 Å². The third-order valence-electron chi connectivity index (χ3n) is 4.34. The second-order valence-electron chi connectivity index (χ2n) is 6.70. The van der Waals surface area contributed by atoms with Crippen molar-refractivity contribution >= 4 is 23.2 Å². The van der Waals surface area contributed by atoms with Gasteiger partial charge in [0.2, 0.25) is 0 Å². The summed E-state index contributed by atoms with van der Waals surface area (Å²) in [6, 6.07) is 14.1. The van der Waals surface area contributed by atoms with Crippen LogP contribution in [0.5, 0.6) is 0 Å². The summed E-state index contributed by atoms with van der Waals surface area (Å²) in [5, 5.41) is 2.64. The van der Waals surface area contributed by atoms with Gasteiger partial charge in [-0.15, -0.1) is 4.57 Å². The normalized spacial score (nSPS) is 10.8. The number of aromatic nitrogens is 2. The van der Waals surface area contributed by atoms with Crippen molar-refractivity contribution in [3.8, 4) is 0 Å². The molecule has 31 heavy (non-hydrogen) atoms. The van der Waals surface area contributed by atoms with E-state index in [0.717, 1.165) is 4.57 Å². The number of rotatable bonds is 5. The molecule has 2 aromatic heterocycles. The zero-order valence-electron chi connectivity index (χ0n) is 16.3. The van der Waals surface area contributed by atoms with Gasteiger partial charge in [0.25, 0.3) is 11.5 Å². The standard InChI is InChI=1S/C22H16FN3O5/c1-13-9-19-24-18(11-20(27)26(19)31-13)12-30-22(29)15-3-2-4-17(10-15)25-21(28)14-5-7-16(23)8-6-14/h2-11H,12H2,1H3,(H,25,28). The van der Waals surface area contributed by atoms with Gasteiger partial charge in [0.1, 0.15) is 18.2 Å². The first-order valence-electron chi connectivity index (χ1n) is 9.23. The van der Waals surface area contributed by atoms with Crippen LogP contribution in [0, 0.1) is 12.7 Å². The number of hydrogen-bond acceptors (Lipinski definition) is 6. The minimum Gasteiger partial charge on any atom is -0.456 e. The summed E-state index contributed by atoms with van der Waals surface area (Å²) in [6.45, 7) is 1.48. The summed E-state index contributed by atoms with van der Waals surface area (Å²) in [5.74, 6) is -1.01. The van der Waals surface area contributed by atoms with E-state index in [1.165, 1.54) is 42.5 Å². The monoisotopic (exact) mass is 421 g/mol. The molecule has 2 heterocycles. The van der Waals surface area contributed by atoms with Gasteiger partial charge in [0, 0.05) is 23.4 Å². The van der Waals surface area contributed by atoms with Crippen LogP contribution in [0.3, 0.4) is 0 Å². The van der Waals surface area contributed by atoms with Gasteiger partial charge in [-0.3, -0.25) is 9.59 Å². The number of fused-ring (bicyclic) bond motifs is 1. The highest BCUT2D eigenvalue weighted by Crippen LogP contribution is 2.14. The smallest absolute Gasteiger partial charge is 0.338 e. The third-order valence-corrected chi connectivity index (χ3v) is 4.34. The zero-order valence-corrected chi connectivity index (χ0v) is 16.3. The second kappa shape index (κ2) is 8.23. The Labute approximate surface area is 174 Å². The summed E-state index contributed by atoms with van der Waals surface area (Å²) < 4.78 is 24.5. The van der Waals surface area contributed by atoms with Crippen molar-refractivity contribution in [1.82, 2.24) is 9.56 Å². The van der Waals surface area contributed by atoms with Crippen molar-refractivity contribution in [1.29, 1.82) is 0 Å². The Hall–Kier alpha value is -4.27. The minimum atomic E-state index is -0.650. The maximum absolute atomic E-state index is 13.0. The van der Waals surface area contributed by atoms with Crippen molar-refractivity contribution in [2.45, 2.75) is 13.5 Å². The first kappa shape index (κ1) is 20.0. The molecule has 156 valence electrons. The summed E-state index contributed by atoms with van der Waals surface area (Å²) in [6.07, 6.45) is 0. The van der Waals surface area contributed by atoms with Gasteiger partial charge in [0.05, 0.1) is 11.3 Å². The molecule has 4 aromatic rings. The van der Waals surface area contributed by atoms with Crippen LogP contribution in [-0.4, -0.2) is 21.4 Å². The molecule has 0 unspecified atom stereocenters. The van der Waals surface area contributed by atoms with Crippen LogP contribution in [0.1, 0.15) is 32.2 Å². The quantitative estimate of drug-likeness (QED) is 0.496. The summed E-state index contributed by atoms with van der Waals surface area (Å²) in [7, 11) is 0. The Morgan fingerprint density at radius 3 is 2.65 bits per heavy atom. The molecule has 0 fully saturated rings. The molecule has 0 bridgehead atoms. The number of nitrogens with zero attached hydrogens (tertiary/aromatic N) is 2. The highest BCUT2D eigenvalue weighted by Gasteiger charge is 2.13. The summed E-state index contributed by atoms with van der Waals surface area (Å²) >= 11 is 0. The van der Waals surface area contributed by atoms with Crippen LogP contribution in [0.25, 0.3) is 5.65 Å². The van der Waals surface area contributed by atoms with Crippen LogP contribution >= 0.6 is 0 Å². The number of esters is 1. The molecule has 0 spiro atoms. The molecule has 0 saturated carbocycles. The Morgan fingerprint density at radius 1 is 1.10 bits per heavy atom. The van der Waals surface area contributed by atoms with E-state index in [9.17, 15) is 18.8 Å². The predicted molar refractivity (Wildman–Crippen MR) is 108 cm³/mol. The van der Waals surface area contributed by atoms with Gasteiger partial charge in [-0.05, 0) is 49.4 Å².